The van der Waals surface area contributed by atoms with Crippen molar-refractivity contribution in [2.24, 2.45) is 22.7 Å². The largest absolute Gasteiger partial charge is 0.507 e. The molecule has 2 spiro atoms. The number of carbonyl (C=O) groups is 2. The summed E-state index contributed by atoms with van der Waals surface area (Å²) in [6.07, 6.45) is 3.84. The summed E-state index contributed by atoms with van der Waals surface area (Å²) in [4.78, 5) is 26.6. The molecule has 1 N–H and O–H groups in total. The molecule has 0 aromatic rings. The number of ketones is 1. The van der Waals surface area contributed by atoms with Crippen molar-refractivity contribution in [3.8, 4) is 0 Å². The normalized spacial score (nSPS) is 38.3. The van der Waals surface area contributed by atoms with Gasteiger partial charge in [0.25, 0.3) is 0 Å². The van der Waals surface area contributed by atoms with Crippen molar-refractivity contribution >= 4 is 11.8 Å². The first-order chi connectivity index (χ1) is 12.1. The predicted octanol–water partition coefficient (Wildman–Crippen LogP) is 3.84. The van der Waals surface area contributed by atoms with Gasteiger partial charge in [0.05, 0.1) is 18.1 Å². The van der Waals surface area contributed by atoms with E-state index in [1.54, 1.807) is 0 Å². The van der Waals surface area contributed by atoms with Crippen molar-refractivity contribution in [1.29, 1.82) is 0 Å². The fourth-order valence-corrected chi connectivity index (χ4v) is 6.22. The SMILES string of the molecule is COC1=C(C(C)C)C(O)=C2C(=O)O[C@]34CCCC(C)(C)[C@@H]3C[C@]2(C4)C1=O. The third kappa shape index (κ3) is 1.92. The van der Waals surface area contributed by atoms with E-state index in [2.05, 4.69) is 13.8 Å². The first-order valence-electron chi connectivity index (χ1n) is 9.60. The van der Waals surface area contributed by atoms with E-state index < -0.39 is 17.0 Å². The van der Waals surface area contributed by atoms with Gasteiger partial charge in [-0.2, -0.15) is 0 Å². The molecule has 5 heteroatoms. The predicted molar refractivity (Wildman–Crippen MR) is 95.1 cm³/mol. The zero-order chi connectivity index (χ0) is 19.1. The average Bonchev–Trinajstić information content (AvgIpc) is 2.81. The number of hydrogen-bond acceptors (Lipinski definition) is 5. The maximum Gasteiger partial charge on any atom is 0.339 e. The highest BCUT2D eigenvalue weighted by Crippen LogP contribution is 2.68. The molecule has 142 valence electrons. The van der Waals surface area contributed by atoms with Crippen LogP contribution in [0.2, 0.25) is 0 Å². The van der Waals surface area contributed by atoms with Gasteiger partial charge in [0.2, 0.25) is 5.78 Å². The molecule has 5 nitrogen and oxygen atoms in total. The number of hydrogen-bond donors (Lipinski definition) is 1. The lowest BCUT2D eigenvalue weighted by atomic mass is 9.63. The van der Waals surface area contributed by atoms with Crippen LogP contribution in [0.3, 0.4) is 0 Å². The first-order valence-corrected chi connectivity index (χ1v) is 9.60. The summed E-state index contributed by atoms with van der Waals surface area (Å²) in [5, 5.41) is 11.0. The molecule has 1 aliphatic heterocycles. The average molecular weight is 360 g/mol. The molecule has 4 rings (SSSR count). The van der Waals surface area contributed by atoms with Gasteiger partial charge in [-0.15, -0.1) is 0 Å². The fourth-order valence-electron chi connectivity index (χ4n) is 6.22. The number of aliphatic hydroxyl groups is 1. The molecule has 0 aromatic carbocycles. The number of aliphatic hydroxyl groups excluding tert-OH is 1. The fraction of sp³-hybridized carbons (Fsp3) is 0.714. The van der Waals surface area contributed by atoms with E-state index in [9.17, 15) is 14.7 Å². The van der Waals surface area contributed by atoms with Gasteiger partial charge >= 0.3 is 5.97 Å². The molecule has 3 atom stereocenters. The van der Waals surface area contributed by atoms with Crippen LogP contribution in [0.5, 0.6) is 0 Å². The van der Waals surface area contributed by atoms with Crippen LogP contribution in [0, 0.1) is 22.7 Å². The van der Waals surface area contributed by atoms with Gasteiger partial charge in [-0.05, 0) is 37.0 Å². The molecule has 0 aromatic heterocycles. The Morgan fingerprint density at radius 1 is 1.23 bits per heavy atom. The highest BCUT2D eigenvalue weighted by Gasteiger charge is 2.71. The van der Waals surface area contributed by atoms with Crippen LogP contribution >= 0.6 is 0 Å². The highest BCUT2D eigenvalue weighted by molar-refractivity contribution is 6.11. The zero-order valence-corrected chi connectivity index (χ0v) is 16.3. The number of carbonyl (C=O) groups excluding carboxylic acids is 2. The Kier molecular flexibility index (Phi) is 3.49. The lowest BCUT2D eigenvalue weighted by Gasteiger charge is -2.49. The third-order valence-corrected chi connectivity index (χ3v) is 7.29. The summed E-state index contributed by atoms with van der Waals surface area (Å²) in [5.41, 5.74) is -1.02. The van der Waals surface area contributed by atoms with Gasteiger partial charge in [0, 0.05) is 17.9 Å². The van der Waals surface area contributed by atoms with Crippen LogP contribution < -0.4 is 0 Å². The van der Waals surface area contributed by atoms with Gasteiger partial charge in [0.1, 0.15) is 11.4 Å². The molecular weight excluding hydrogens is 332 g/mol. The topological polar surface area (TPSA) is 72.8 Å². The number of esters is 1. The molecule has 0 unspecified atom stereocenters. The number of methoxy groups -OCH3 is 1. The minimum absolute atomic E-state index is 0.0113. The Labute approximate surface area is 154 Å². The van der Waals surface area contributed by atoms with E-state index in [0.29, 0.717) is 18.4 Å². The van der Waals surface area contributed by atoms with Gasteiger partial charge in [-0.3, -0.25) is 4.79 Å². The van der Waals surface area contributed by atoms with E-state index in [1.165, 1.54) is 7.11 Å². The van der Waals surface area contributed by atoms with E-state index in [4.69, 9.17) is 9.47 Å². The second-order valence-electron chi connectivity index (χ2n) is 9.47. The highest BCUT2D eigenvalue weighted by atomic mass is 16.6. The summed E-state index contributed by atoms with van der Waals surface area (Å²) in [5.74, 6) is -0.591. The second-order valence-corrected chi connectivity index (χ2v) is 9.47. The van der Waals surface area contributed by atoms with Crippen LogP contribution in [0.15, 0.2) is 22.7 Å². The van der Waals surface area contributed by atoms with Crippen molar-refractivity contribution < 1.29 is 24.2 Å². The van der Waals surface area contributed by atoms with Crippen LogP contribution in [0.4, 0.5) is 0 Å². The Balaban J connectivity index is 1.95. The van der Waals surface area contributed by atoms with Gasteiger partial charge in [-0.25, -0.2) is 4.79 Å². The standard InChI is InChI=1S/C21H28O5/c1-11(2)13-15(22)14-18(24)26-21-8-6-7-19(3,4)12(21)9-20(14,10-21)17(23)16(13)25-5/h11-12,22H,6-10H2,1-5H3/t12-,20+,21-/m0/s1. The van der Waals surface area contributed by atoms with Gasteiger partial charge in [-0.1, -0.05) is 27.7 Å². The maximum absolute atomic E-state index is 13.6. The first kappa shape index (κ1) is 17.6. The number of Topliss-reactive ketones (excluding diaryl/α,β-unsaturated/α-hetero) is 1. The monoisotopic (exact) mass is 360 g/mol. The number of ether oxygens (including phenoxy) is 2. The lowest BCUT2D eigenvalue weighted by molar-refractivity contribution is -0.177. The molecule has 0 radical (unpaired) electrons. The molecule has 1 heterocycles. The van der Waals surface area contributed by atoms with Crippen LogP contribution in [0.25, 0.3) is 0 Å². The smallest absolute Gasteiger partial charge is 0.339 e. The molecule has 3 aliphatic carbocycles. The van der Waals surface area contributed by atoms with Crippen molar-refractivity contribution in [3.05, 3.63) is 22.7 Å². The molecule has 26 heavy (non-hydrogen) atoms. The van der Waals surface area contributed by atoms with Crippen LogP contribution in [0.1, 0.15) is 59.8 Å². The minimum Gasteiger partial charge on any atom is -0.507 e. The summed E-state index contributed by atoms with van der Waals surface area (Å²) in [6, 6.07) is 0. The molecule has 0 amide bonds. The molecule has 2 bridgehead atoms. The number of allylic oxidation sites excluding steroid dienone is 2. The van der Waals surface area contributed by atoms with E-state index in [0.717, 1.165) is 19.3 Å². The number of rotatable bonds is 2. The minimum atomic E-state index is -1.00. The quantitative estimate of drug-likeness (QED) is 0.758. The third-order valence-electron chi connectivity index (χ3n) is 7.29. The Morgan fingerprint density at radius 2 is 1.92 bits per heavy atom. The zero-order valence-electron chi connectivity index (χ0n) is 16.3. The lowest BCUT2D eigenvalue weighted by Crippen LogP contribution is -2.52. The Hall–Kier alpha value is -1.78. The van der Waals surface area contributed by atoms with Crippen LogP contribution in [-0.2, 0) is 19.1 Å². The van der Waals surface area contributed by atoms with Crippen molar-refractivity contribution in [2.75, 3.05) is 7.11 Å². The van der Waals surface area contributed by atoms with Crippen molar-refractivity contribution in [1.82, 2.24) is 0 Å². The summed E-state index contributed by atoms with van der Waals surface area (Å²) < 4.78 is 11.5. The summed E-state index contributed by atoms with van der Waals surface area (Å²) in [6.45, 7) is 8.16. The molecule has 3 fully saturated rings. The van der Waals surface area contributed by atoms with E-state index in [1.807, 2.05) is 13.8 Å². The van der Waals surface area contributed by atoms with Gasteiger partial charge in [0.15, 0.2) is 5.76 Å². The maximum atomic E-state index is 13.6. The van der Waals surface area contributed by atoms with Crippen LogP contribution in [-0.4, -0.2) is 29.6 Å². The van der Waals surface area contributed by atoms with Crippen molar-refractivity contribution in [3.63, 3.8) is 0 Å². The second kappa shape index (κ2) is 5.14. The summed E-state index contributed by atoms with van der Waals surface area (Å²) in [7, 11) is 1.47. The molecule has 4 aliphatic rings. The molecule has 2 saturated carbocycles. The van der Waals surface area contributed by atoms with Crippen molar-refractivity contribution in [2.45, 2.75) is 65.4 Å². The summed E-state index contributed by atoms with van der Waals surface area (Å²) >= 11 is 0. The molecule has 1 saturated heterocycles. The van der Waals surface area contributed by atoms with Gasteiger partial charge < -0.3 is 14.6 Å². The molecular formula is C21H28O5. The Morgan fingerprint density at radius 3 is 2.54 bits per heavy atom. The van der Waals surface area contributed by atoms with E-state index in [-0.39, 0.29) is 40.1 Å². The Bertz CT molecular complexity index is 771. The van der Waals surface area contributed by atoms with E-state index >= 15 is 0 Å².